The van der Waals surface area contributed by atoms with Crippen molar-refractivity contribution in [2.75, 3.05) is 20.0 Å². The molecule has 0 aliphatic heterocycles. The van der Waals surface area contributed by atoms with Crippen LogP contribution in [0.5, 0.6) is 11.5 Å². The largest absolute Gasteiger partial charge is 0.496 e. The summed E-state index contributed by atoms with van der Waals surface area (Å²) in [6.45, 7) is 0.676. The number of methoxy groups -OCH3 is 2. The monoisotopic (exact) mass is 459 g/mol. The molecule has 33 heavy (non-hydrogen) atoms. The van der Waals surface area contributed by atoms with E-state index in [1.807, 2.05) is 54.6 Å². The minimum Gasteiger partial charge on any atom is -0.496 e. The first-order chi connectivity index (χ1) is 16.2. The summed E-state index contributed by atoms with van der Waals surface area (Å²) in [6.07, 6.45) is 0.815. The Balaban J connectivity index is 1.61. The number of carbonyl (C=O) groups is 1. The molecule has 4 rings (SSSR count). The molecule has 0 spiro atoms. The lowest BCUT2D eigenvalue weighted by molar-refractivity contribution is 0.101. The molecule has 168 valence electrons. The SMILES string of the molecule is COc1ccccc1C(=O)CSc1nnc(-c2ccccc2OC)n1CCc1ccccc1. The molecule has 0 fully saturated rings. The van der Waals surface area contributed by atoms with E-state index in [0.717, 1.165) is 23.6 Å². The molecule has 0 unspecified atom stereocenters. The van der Waals surface area contributed by atoms with Gasteiger partial charge in [-0.1, -0.05) is 66.4 Å². The zero-order chi connectivity index (χ0) is 23.0. The summed E-state index contributed by atoms with van der Waals surface area (Å²) < 4.78 is 13.0. The number of hydrogen-bond donors (Lipinski definition) is 0. The first-order valence-corrected chi connectivity index (χ1v) is 11.6. The molecule has 0 aliphatic rings. The van der Waals surface area contributed by atoms with Crippen molar-refractivity contribution in [3.05, 3.63) is 90.0 Å². The van der Waals surface area contributed by atoms with Gasteiger partial charge in [-0.3, -0.25) is 4.79 Å². The molecule has 0 atom stereocenters. The van der Waals surface area contributed by atoms with Crippen molar-refractivity contribution in [2.24, 2.45) is 0 Å². The fraction of sp³-hybridized carbons (Fsp3) is 0.192. The second-order valence-electron chi connectivity index (χ2n) is 7.31. The molecule has 6 nitrogen and oxygen atoms in total. The molecule has 0 amide bonds. The lowest BCUT2D eigenvalue weighted by Gasteiger charge is -2.12. The molecule has 0 saturated carbocycles. The van der Waals surface area contributed by atoms with E-state index in [1.54, 1.807) is 26.4 Å². The number of para-hydroxylation sites is 2. The topological polar surface area (TPSA) is 66.2 Å². The zero-order valence-corrected chi connectivity index (χ0v) is 19.4. The zero-order valence-electron chi connectivity index (χ0n) is 18.6. The number of benzene rings is 3. The second kappa shape index (κ2) is 10.8. The van der Waals surface area contributed by atoms with Crippen LogP contribution in [0.3, 0.4) is 0 Å². The summed E-state index contributed by atoms with van der Waals surface area (Å²) in [5.41, 5.74) is 2.65. The molecule has 1 aromatic heterocycles. The lowest BCUT2D eigenvalue weighted by atomic mass is 10.1. The predicted molar refractivity (Wildman–Crippen MR) is 130 cm³/mol. The van der Waals surface area contributed by atoms with Crippen LogP contribution in [-0.2, 0) is 13.0 Å². The second-order valence-corrected chi connectivity index (χ2v) is 8.25. The molecule has 4 aromatic rings. The highest BCUT2D eigenvalue weighted by atomic mass is 32.2. The van der Waals surface area contributed by atoms with Gasteiger partial charge in [0, 0.05) is 6.54 Å². The van der Waals surface area contributed by atoms with Gasteiger partial charge >= 0.3 is 0 Å². The van der Waals surface area contributed by atoms with Crippen LogP contribution in [-0.4, -0.2) is 40.5 Å². The Kier molecular flexibility index (Phi) is 7.42. The molecule has 3 aromatic carbocycles. The van der Waals surface area contributed by atoms with E-state index >= 15 is 0 Å². The predicted octanol–water partition coefficient (Wildman–Crippen LogP) is 5.18. The van der Waals surface area contributed by atoms with Crippen LogP contribution in [0.15, 0.2) is 84.0 Å². The third-order valence-electron chi connectivity index (χ3n) is 5.27. The summed E-state index contributed by atoms with van der Waals surface area (Å²) in [6, 6.07) is 25.3. The van der Waals surface area contributed by atoms with Crippen molar-refractivity contribution in [1.82, 2.24) is 14.8 Å². The number of aryl methyl sites for hydroxylation is 1. The van der Waals surface area contributed by atoms with Crippen LogP contribution in [0.2, 0.25) is 0 Å². The molecule has 0 radical (unpaired) electrons. The molecule has 0 bridgehead atoms. The van der Waals surface area contributed by atoms with E-state index in [9.17, 15) is 4.79 Å². The number of ether oxygens (including phenoxy) is 2. The van der Waals surface area contributed by atoms with Gasteiger partial charge < -0.3 is 14.0 Å². The molecule has 0 N–H and O–H groups in total. The van der Waals surface area contributed by atoms with Crippen LogP contribution in [0.1, 0.15) is 15.9 Å². The quantitative estimate of drug-likeness (QED) is 0.240. The van der Waals surface area contributed by atoms with Gasteiger partial charge in [0.2, 0.25) is 0 Å². The van der Waals surface area contributed by atoms with Gasteiger partial charge in [0.1, 0.15) is 11.5 Å². The standard InChI is InChI=1S/C26H25N3O3S/c1-31-23-14-8-6-12-20(23)22(30)18-33-26-28-27-25(21-13-7-9-15-24(21)32-2)29(26)17-16-19-10-4-3-5-11-19/h3-15H,16-18H2,1-2H3. The number of thioether (sulfide) groups is 1. The number of hydrogen-bond acceptors (Lipinski definition) is 6. The van der Waals surface area contributed by atoms with Crippen molar-refractivity contribution in [3.8, 4) is 22.9 Å². The highest BCUT2D eigenvalue weighted by Gasteiger charge is 2.19. The normalized spacial score (nSPS) is 10.7. The highest BCUT2D eigenvalue weighted by Crippen LogP contribution is 2.31. The van der Waals surface area contributed by atoms with Crippen molar-refractivity contribution in [3.63, 3.8) is 0 Å². The summed E-state index contributed by atoms with van der Waals surface area (Å²) in [5, 5.41) is 9.58. The van der Waals surface area contributed by atoms with E-state index in [4.69, 9.17) is 9.47 Å². The number of rotatable bonds is 10. The van der Waals surface area contributed by atoms with Gasteiger partial charge in [0.05, 0.1) is 31.1 Å². The summed E-state index contributed by atoms with van der Waals surface area (Å²) >= 11 is 1.38. The van der Waals surface area contributed by atoms with Crippen molar-refractivity contribution in [2.45, 2.75) is 18.1 Å². The van der Waals surface area contributed by atoms with Crippen LogP contribution in [0.25, 0.3) is 11.4 Å². The van der Waals surface area contributed by atoms with Gasteiger partial charge in [-0.25, -0.2) is 0 Å². The number of aromatic nitrogens is 3. The Bertz CT molecular complexity index is 1220. The maximum atomic E-state index is 12.9. The third kappa shape index (κ3) is 5.26. The van der Waals surface area contributed by atoms with E-state index in [1.165, 1.54) is 17.3 Å². The fourth-order valence-corrected chi connectivity index (χ4v) is 4.44. The maximum Gasteiger partial charge on any atom is 0.191 e. The van der Waals surface area contributed by atoms with Crippen LogP contribution >= 0.6 is 11.8 Å². The number of Topliss-reactive ketones (excluding diaryl/α,β-unsaturated/α-hetero) is 1. The average Bonchev–Trinajstić information content (AvgIpc) is 3.29. The Morgan fingerprint density at radius 1 is 0.848 bits per heavy atom. The van der Waals surface area contributed by atoms with E-state index in [-0.39, 0.29) is 11.5 Å². The minimum atomic E-state index is -0.0195. The van der Waals surface area contributed by atoms with E-state index in [2.05, 4.69) is 26.9 Å². The first kappa shape index (κ1) is 22.6. The van der Waals surface area contributed by atoms with Crippen LogP contribution < -0.4 is 9.47 Å². The number of ketones is 1. The number of nitrogens with zero attached hydrogens (tertiary/aromatic N) is 3. The van der Waals surface area contributed by atoms with Crippen molar-refractivity contribution < 1.29 is 14.3 Å². The fourth-order valence-electron chi connectivity index (χ4n) is 3.59. The molecular weight excluding hydrogens is 434 g/mol. The summed E-state index contributed by atoms with van der Waals surface area (Å²) in [5.74, 6) is 2.23. The third-order valence-corrected chi connectivity index (χ3v) is 6.24. The average molecular weight is 460 g/mol. The molecule has 0 saturated heterocycles. The van der Waals surface area contributed by atoms with Crippen LogP contribution in [0, 0.1) is 0 Å². The van der Waals surface area contributed by atoms with Gasteiger partial charge in [-0.2, -0.15) is 0 Å². The van der Waals surface area contributed by atoms with E-state index in [0.29, 0.717) is 23.0 Å². The minimum absolute atomic E-state index is 0.0195. The van der Waals surface area contributed by atoms with Crippen LogP contribution in [0.4, 0.5) is 0 Å². The summed E-state index contributed by atoms with van der Waals surface area (Å²) in [7, 11) is 3.21. The van der Waals surface area contributed by atoms with Gasteiger partial charge in [-0.05, 0) is 36.2 Å². The van der Waals surface area contributed by atoms with Gasteiger partial charge in [-0.15, -0.1) is 10.2 Å². The Hall–Kier alpha value is -3.58. The molecule has 1 heterocycles. The maximum absolute atomic E-state index is 12.9. The van der Waals surface area contributed by atoms with E-state index < -0.39 is 0 Å². The molecule has 7 heteroatoms. The van der Waals surface area contributed by atoms with Gasteiger partial charge in [0.15, 0.2) is 16.8 Å². The number of carbonyl (C=O) groups excluding carboxylic acids is 1. The Morgan fingerprint density at radius 3 is 2.27 bits per heavy atom. The van der Waals surface area contributed by atoms with Gasteiger partial charge in [0.25, 0.3) is 0 Å². The first-order valence-electron chi connectivity index (χ1n) is 10.6. The Labute approximate surface area is 197 Å². The lowest BCUT2D eigenvalue weighted by Crippen LogP contribution is -2.09. The molecular formula is C26H25N3O3S. The Morgan fingerprint density at radius 2 is 1.52 bits per heavy atom. The summed E-state index contributed by atoms with van der Waals surface area (Å²) in [4.78, 5) is 12.9. The highest BCUT2D eigenvalue weighted by molar-refractivity contribution is 7.99. The smallest absolute Gasteiger partial charge is 0.191 e. The van der Waals surface area contributed by atoms with Crippen molar-refractivity contribution in [1.29, 1.82) is 0 Å². The van der Waals surface area contributed by atoms with Crippen molar-refractivity contribution >= 4 is 17.5 Å². The molecule has 0 aliphatic carbocycles.